The SMILES string of the molecule is CC(C)(C)c1cc(CCCC(=O)O)cc(C(C)(C)C)c1O. The minimum absolute atomic E-state index is 0.146. The zero-order chi connectivity index (χ0) is 16.4. The van der Waals surface area contributed by atoms with E-state index in [2.05, 4.69) is 41.5 Å². The summed E-state index contributed by atoms with van der Waals surface area (Å²) < 4.78 is 0. The lowest BCUT2D eigenvalue weighted by molar-refractivity contribution is -0.137. The third-order valence-corrected chi connectivity index (χ3v) is 3.64. The standard InChI is InChI=1S/C18H28O3/c1-17(2,3)13-10-12(8-7-9-15(19)20)11-14(16(13)21)18(4,5)6/h10-11,21H,7-9H2,1-6H3,(H,19,20). The molecule has 0 amide bonds. The molecule has 0 saturated carbocycles. The fourth-order valence-corrected chi connectivity index (χ4v) is 2.43. The van der Waals surface area contributed by atoms with Gasteiger partial charge in [-0.25, -0.2) is 0 Å². The van der Waals surface area contributed by atoms with Gasteiger partial charge in [-0.05, 0) is 40.4 Å². The van der Waals surface area contributed by atoms with Gasteiger partial charge in [-0.15, -0.1) is 0 Å². The number of carboxylic acids is 1. The number of rotatable bonds is 4. The second kappa shape index (κ2) is 6.08. The van der Waals surface area contributed by atoms with Gasteiger partial charge in [0.1, 0.15) is 5.75 Å². The summed E-state index contributed by atoms with van der Waals surface area (Å²) in [6.07, 6.45) is 1.52. The van der Waals surface area contributed by atoms with Gasteiger partial charge in [-0.3, -0.25) is 4.79 Å². The molecule has 1 aromatic rings. The Balaban J connectivity index is 3.24. The lowest BCUT2D eigenvalue weighted by Gasteiger charge is -2.28. The van der Waals surface area contributed by atoms with E-state index >= 15 is 0 Å². The Bertz CT molecular complexity index is 481. The molecule has 0 radical (unpaired) electrons. The minimum atomic E-state index is -0.763. The number of phenolic OH excluding ortho intramolecular Hbond substituents is 1. The molecule has 0 unspecified atom stereocenters. The van der Waals surface area contributed by atoms with Gasteiger partial charge in [0.25, 0.3) is 0 Å². The highest BCUT2D eigenvalue weighted by Crippen LogP contribution is 2.39. The van der Waals surface area contributed by atoms with E-state index in [4.69, 9.17) is 5.11 Å². The molecule has 0 aliphatic carbocycles. The van der Waals surface area contributed by atoms with Crippen molar-refractivity contribution in [3.63, 3.8) is 0 Å². The van der Waals surface area contributed by atoms with E-state index in [0.717, 1.165) is 23.1 Å². The summed E-state index contributed by atoms with van der Waals surface area (Å²) in [7, 11) is 0. The first-order chi connectivity index (χ1) is 9.43. The summed E-state index contributed by atoms with van der Waals surface area (Å²) >= 11 is 0. The molecule has 0 saturated heterocycles. The Hall–Kier alpha value is -1.51. The van der Waals surface area contributed by atoms with Gasteiger partial charge in [0.15, 0.2) is 0 Å². The molecule has 0 bridgehead atoms. The molecule has 0 aliphatic heterocycles. The zero-order valence-corrected chi connectivity index (χ0v) is 14.1. The van der Waals surface area contributed by atoms with E-state index in [9.17, 15) is 9.90 Å². The topological polar surface area (TPSA) is 57.5 Å². The Morgan fingerprint density at radius 3 is 1.76 bits per heavy atom. The summed E-state index contributed by atoms with van der Waals surface area (Å²) in [4.78, 5) is 10.7. The first-order valence-corrected chi connectivity index (χ1v) is 7.51. The van der Waals surface area contributed by atoms with Crippen LogP contribution in [0.25, 0.3) is 0 Å². The number of hydrogen-bond acceptors (Lipinski definition) is 2. The number of phenols is 1. The zero-order valence-electron chi connectivity index (χ0n) is 14.1. The Morgan fingerprint density at radius 2 is 1.43 bits per heavy atom. The van der Waals surface area contributed by atoms with Crippen LogP contribution < -0.4 is 0 Å². The number of hydrogen-bond donors (Lipinski definition) is 2. The fourth-order valence-electron chi connectivity index (χ4n) is 2.43. The molecule has 0 fully saturated rings. The van der Waals surface area contributed by atoms with Crippen LogP contribution in [0.4, 0.5) is 0 Å². The minimum Gasteiger partial charge on any atom is -0.507 e. The summed E-state index contributed by atoms with van der Waals surface area (Å²) in [5.74, 6) is -0.391. The maximum atomic E-state index is 10.7. The predicted molar refractivity (Wildman–Crippen MR) is 86.1 cm³/mol. The predicted octanol–water partition coefficient (Wildman–Crippen LogP) is 4.39. The van der Waals surface area contributed by atoms with Crippen molar-refractivity contribution in [1.29, 1.82) is 0 Å². The van der Waals surface area contributed by atoms with E-state index in [1.54, 1.807) is 0 Å². The highest BCUT2D eigenvalue weighted by molar-refractivity contribution is 5.66. The summed E-state index contributed by atoms with van der Waals surface area (Å²) in [5.41, 5.74) is 2.67. The highest BCUT2D eigenvalue weighted by atomic mass is 16.4. The van der Waals surface area contributed by atoms with Crippen molar-refractivity contribution in [2.24, 2.45) is 0 Å². The molecule has 118 valence electrons. The summed E-state index contributed by atoms with van der Waals surface area (Å²) in [6, 6.07) is 4.04. The van der Waals surface area contributed by atoms with Gasteiger partial charge >= 0.3 is 5.97 Å². The van der Waals surface area contributed by atoms with Crippen LogP contribution in [0.5, 0.6) is 5.75 Å². The molecular weight excluding hydrogens is 264 g/mol. The van der Waals surface area contributed by atoms with Crippen molar-refractivity contribution in [2.45, 2.75) is 71.6 Å². The fraction of sp³-hybridized carbons (Fsp3) is 0.611. The van der Waals surface area contributed by atoms with E-state index in [1.807, 2.05) is 12.1 Å². The molecule has 0 aromatic heterocycles. The van der Waals surface area contributed by atoms with Crippen molar-refractivity contribution in [3.8, 4) is 5.75 Å². The van der Waals surface area contributed by atoms with Gasteiger partial charge in [-0.1, -0.05) is 53.7 Å². The van der Waals surface area contributed by atoms with Gasteiger partial charge in [-0.2, -0.15) is 0 Å². The average molecular weight is 292 g/mol. The van der Waals surface area contributed by atoms with Crippen LogP contribution in [-0.2, 0) is 22.0 Å². The quantitative estimate of drug-likeness (QED) is 0.865. The van der Waals surface area contributed by atoms with Crippen molar-refractivity contribution in [1.82, 2.24) is 0 Å². The monoisotopic (exact) mass is 292 g/mol. The molecule has 0 atom stereocenters. The van der Waals surface area contributed by atoms with Gasteiger partial charge in [0, 0.05) is 6.42 Å². The Morgan fingerprint density at radius 1 is 1.00 bits per heavy atom. The van der Waals surface area contributed by atoms with E-state index in [-0.39, 0.29) is 17.3 Å². The molecule has 21 heavy (non-hydrogen) atoms. The summed E-state index contributed by atoms with van der Waals surface area (Å²) in [6.45, 7) is 12.5. The van der Waals surface area contributed by atoms with Crippen LogP contribution in [0.3, 0.4) is 0 Å². The van der Waals surface area contributed by atoms with Crippen molar-refractivity contribution in [3.05, 3.63) is 28.8 Å². The van der Waals surface area contributed by atoms with Crippen LogP contribution in [0, 0.1) is 0 Å². The maximum absolute atomic E-state index is 10.7. The molecule has 0 spiro atoms. The first kappa shape index (κ1) is 17.5. The molecule has 3 nitrogen and oxygen atoms in total. The lowest BCUT2D eigenvalue weighted by Crippen LogP contribution is -2.18. The van der Waals surface area contributed by atoms with E-state index in [1.165, 1.54) is 0 Å². The third kappa shape index (κ3) is 4.76. The normalized spacial score (nSPS) is 12.5. The average Bonchev–Trinajstić information content (AvgIpc) is 2.27. The lowest BCUT2D eigenvalue weighted by atomic mass is 9.78. The maximum Gasteiger partial charge on any atom is 0.303 e. The van der Waals surface area contributed by atoms with Crippen LogP contribution in [0.1, 0.15) is 71.1 Å². The third-order valence-electron chi connectivity index (χ3n) is 3.64. The molecule has 3 heteroatoms. The number of benzene rings is 1. The second-order valence-corrected chi connectivity index (χ2v) is 7.79. The van der Waals surface area contributed by atoms with Crippen LogP contribution in [0.15, 0.2) is 12.1 Å². The largest absolute Gasteiger partial charge is 0.507 e. The molecule has 0 heterocycles. The number of carboxylic acid groups (broad SMARTS) is 1. The Kier molecular flexibility index (Phi) is 5.08. The second-order valence-electron chi connectivity index (χ2n) is 7.79. The molecule has 0 aliphatic rings. The highest BCUT2D eigenvalue weighted by Gasteiger charge is 2.26. The van der Waals surface area contributed by atoms with E-state index in [0.29, 0.717) is 12.2 Å². The van der Waals surface area contributed by atoms with Crippen LogP contribution in [0.2, 0.25) is 0 Å². The summed E-state index contributed by atoms with van der Waals surface area (Å²) in [5, 5.41) is 19.4. The van der Waals surface area contributed by atoms with Gasteiger partial charge < -0.3 is 10.2 Å². The van der Waals surface area contributed by atoms with E-state index < -0.39 is 5.97 Å². The molecule has 1 aromatic carbocycles. The number of aliphatic carboxylic acids is 1. The van der Waals surface area contributed by atoms with Gasteiger partial charge in [0.05, 0.1) is 0 Å². The first-order valence-electron chi connectivity index (χ1n) is 7.51. The van der Waals surface area contributed by atoms with Crippen molar-refractivity contribution < 1.29 is 15.0 Å². The molecular formula is C18H28O3. The van der Waals surface area contributed by atoms with Crippen molar-refractivity contribution >= 4 is 5.97 Å². The van der Waals surface area contributed by atoms with Gasteiger partial charge in [0.2, 0.25) is 0 Å². The van der Waals surface area contributed by atoms with Crippen molar-refractivity contribution in [2.75, 3.05) is 0 Å². The van der Waals surface area contributed by atoms with Crippen LogP contribution >= 0.6 is 0 Å². The number of carbonyl (C=O) groups is 1. The molecule has 1 rings (SSSR count). The molecule has 2 N–H and O–H groups in total. The number of aryl methyl sites for hydroxylation is 1. The smallest absolute Gasteiger partial charge is 0.303 e. The van der Waals surface area contributed by atoms with Crippen LogP contribution in [-0.4, -0.2) is 16.2 Å². The Labute approximate surface area is 128 Å². The number of aromatic hydroxyl groups is 1.